The van der Waals surface area contributed by atoms with Gasteiger partial charge in [-0.3, -0.25) is 4.90 Å². The van der Waals surface area contributed by atoms with Crippen molar-refractivity contribution >= 4 is 29.1 Å². The van der Waals surface area contributed by atoms with Gasteiger partial charge in [-0.1, -0.05) is 11.6 Å². The molecule has 14 heteroatoms. The third kappa shape index (κ3) is 4.92. The molecule has 0 spiro atoms. The number of rotatable bonds is 3. The zero-order chi connectivity index (χ0) is 24.7. The molecule has 0 aliphatic carbocycles. The third-order valence-electron chi connectivity index (χ3n) is 4.37. The molecular formula is C19H11ClF8N2O3. The summed E-state index contributed by atoms with van der Waals surface area (Å²) in [5.41, 5.74) is -5.10. The number of halogens is 9. The van der Waals surface area contributed by atoms with Gasteiger partial charge in [0.2, 0.25) is 0 Å². The maximum atomic E-state index is 14.2. The Kier molecular flexibility index (Phi) is 6.37. The van der Waals surface area contributed by atoms with Crippen LogP contribution in [-0.2, 0) is 17.1 Å². The summed E-state index contributed by atoms with van der Waals surface area (Å²) in [6, 6.07) is 1.54. The van der Waals surface area contributed by atoms with Crippen molar-refractivity contribution in [1.29, 1.82) is 0 Å². The molecule has 1 amide bonds. The van der Waals surface area contributed by atoms with Crippen molar-refractivity contribution in [3.05, 3.63) is 63.8 Å². The Morgan fingerprint density at radius 2 is 1.79 bits per heavy atom. The molecule has 1 heterocycles. The number of ether oxygens (including phenoxy) is 2. The van der Waals surface area contributed by atoms with Crippen LogP contribution in [-0.4, -0.2) is 19.9 Å². The zero-order valence-electron chi connectivity index (χ0n) is 16.2. The number of benzene rings is 2. The number of carbonyl (C=O) groups excluding carboxylic acids is 1. The van der Waals surface area contributed by atoms with Crippen LogP contribution in [0.5, 0.6) is 5.75 Å². The van der Waals surface area contributed by atoms with Crippen LogP contribution in [0, 0.1) is 11.6 Å². The molecule has 2 aromatic carbocycles. The maximum Gasteiger partial charge on any atom is 0.420 e. The maximum absolute atomic E-state index is 14.2. The lowest BCUT2D eigenvalue weighted by molar-refractivity contribution is -0.143. The summed E-state index contributed by atoms with van der Waals surface area (Å²) in [5, 5.41) is 1.45. The average Bonchev–Trinajstić information content (AvgIpc) is 3.24. The Labute approximate surface area is 185 Å². The van der Waals surface area contributed by atoms with Crippen LogP contribution in [0.15, 0.2) is 30.5 Å². The molecule has 0 saturated carbocycles. The lowest BCUT2D eigenvalue weighted by atomic mass is 10.0. The molecule has 0 bridgehead atoms. The number of nitrogens with one attached hydrogen (secondary N) is 1. The van der Waals surface area contributed by atoms with E-state index in [-0.39, 0.29) is 12.8 Å². The number of hydrogen-bond donors (Lipinski definition) is 1. The van der Waals surface area contributed by atoms with Crippen molar-refractivity contribution in [1.82, 2.24) is 5.32 Å². The highest BCUT2D eigenvalue weighted by molar-refractivity contribution is 6.31. The molecule has 0 atom stereocenters. The lowest BCUT2D eigenvalue weighted by Gasteiger charge is -2.22. The zero-order valence-corrected chi connectivity index (χ0v) is 16.9. The summed E-state index contributed by atoms with van der Waals surface area (Å²) in [7, 11) is 0.874. The normalized spacial score (nSPS) is 13.8. The number of hydrogen-bond acceptors (Lipinski definition) is 4. The summed E-state index contributed by atoms with van der Waals surface area (Å²) in [4.78, 5) is 12.9. The molecule has 0 saturated heterocycles. The second-order valence-electron chi connectivity index (χ2n) is 6.52. The van der Waals surface area contributed by atoms with Crippen LogP contribution < -0.4 is 15.0 Å². The highest BCUT2D eigenvalue weighted by atomic mass is 35.5. The van der Waals surface area contributed by atoms with E-state index in [4.69, 9.17) is 21.1 Å². The van der Waals surface area contributed by atoms with Gasteiger partial charge < -0.3 is 14.8 Å². The summed E-state index contributed by atoms with van der Waals surface area (Å²) < 4.78 is 118. The molecule has 2 aromatic rings. The van der Waals surface area contributed by atoms with E-state index in [1.807, 2.05) is 0 Å². The summed E-state index contributed by atoms with van der Waals surface area (Å²) in [5.74, 6) is -4.35. The van der Waals surface area contributed by atoms with Crippen LogP contribution in [0.25, 0.3) is 5.76 Å². The van der Waals surface area contributed by atoms with Gasteiger partial charge >= 0.3 is 18.4 Å². The Morgan fingerprint density at radius 1 is 1.12 bits per heavy atom. The van der Waals surface area contributed by atoms with Gasteiger partial charge in [-0.05, 0) is 24.3 Å². The predicted molar refractivity (Wildman–Crippen MR) is 99.3 cm³/mol. The van der Waals surface area contributed by atoms with Crippen molar-refractivity contribution in [2.75, 3.05) is 18.7 Å². The van der Waals surface area contributed by atoms with Gasteiger partial charge in [0.1, 0.15) is 16.6 Å². The van der Waals surface area contributed by atoms with E-state index in [1.54, 1.807) is 0 Å². The fourth-order valence-electron chi connectivity index (χ4n) is 2.78. The molecule has 5 nitrogen and oxygen atoms in total. The third-order valence-corrected chi connectivity index (χ3v) is 4.72. The van der Waals surface area contributed by atoms with Crippen molar-refractivity contribution in [3.63, 3.8) is 0 Å². The van der Waals surface area contributed by atoms with E-state index in [0.29, 0.717) is 17.0 Å². The first-order valence-corrected chi connectivity index (χ1v) is 9.07. The van der Waals surface area contributed by atoms with Gasteiger partial charge in [0, 0.05) is 13.2 Å². The van der Waals surface area contributed by atoms with E-state index >= 15 is 0 Å². The quantitative estimate of drug-likeness (QED) is 0.403. The number of anilines is 1. The van der Waals surface area contributed by atoms with Crippen molar-refractivity contribution in [3.8, 4) is 5.75 Å². The molecular weight excluding hydrogens is 492 g/mol. The second-order valence-corrected chi connectivity index (χ2v) is 6.90. The topological polar surface area (TPSA) is 50.8 Å². The molecule has 0 aromatic heterocycles. The van der Waals surface area contributed by atoms with Crippen LogP contribution >= 0.6 is 11.6 Å². The minimum absolute atomic E-state index is 0.232. The van der Waals surface area contributed by atoms with Gasteiger partial charge in [-0.25, -0.2) is 13.6 Å². The van der Waals surface area contributed by atoms with Gasteiger partial charge in [0.05, 0.1) is 22.4 Å². The minimum atomic E-state index is -5.39. The predicted octanol–water partition coefficient (Wildman–Crippen LogP) is 6.17. The smallest absolute Gasteiger partial charge is 0.420 e. The Morgan fingerprint density at radius 3 is 2.33 bits per heavy atom. The van der Waals surface area contributed by atoms with Crippen LogP contribution in [0.1, 0.15) is 16.7 Å². The molecule has 0 fully saturated rings. The summed E-state index contributed by atoms with van der Waals surface area (Å²) >= 11 is 5.43. The van der Waals surface area contributed by atoms with E-state index in [9.17, 15) is 39.9 Å². The van der Waals surface area contributed by atoms with E-state index in [1.165, 1.54) is 0 Å². The van der Waals surface area contributed by atoms with Crippen LogP contribution in [0.4, 0.5) is 45.6 Å². The fraction of sp³-hybridized carbons (Fsp3) is 0.211. The van der Waals surface area contributed by atoms with Crippen LogP contribution in [0.2, 0.25) is 5.02 Å². The first-order chi connectivity index (χ1) is 15.2. The SMILES string of the molecule is CN(C(=O)Oc1c(C2=CNCO2)cc(C(F)(F)F)cc1C(F)(F)F)c1ccc(F)c(Cl)c1F. The van der Waals surface area contributed by atoms with Crippen molar-refractivity contribution < 1.29 is 49.4 Å². The van der Waals surface area contributed by atoms with E-state index in [2.05, 4.69) is 5.32 Å². The highest BCUT2D eigenvalue weighted by Crippen LogP contribution is 2.45. The van der Waals surface area contributed by atoms with Gasteiger partial charge in [0.25, 0.3) is 0 Å². The molecule has 33 heavy (non-hydrogen) atoms. The summed E-state index contributed by atoms with van der Waals surface area (Å²) in [6.45, 7) is -0.264. The highest BCUT2D eigenvalue weighted by Gasteiger charge is 2.42. The monoisotopic (exact) mass is 502 g/mol. The first kappa shape index (κ1) is 24.4. The van der Waals surface area contributed by atoms with Crippen molar-refractivity contribution in [2.24, 2.45) is 0 Å². The van der Waals surface area contributed by atoms with E-state index in [0.717, 1.165) is 19.3 Å². The van der Waals surface area contributed by atoms with Gasteiger partial charge in [-0.15, -0.1) is 0 Å². The Hall–Kier alpha value is -3.22. The van der Waals surface area contributed by atoms with Gasteiger partial charge in [0.15, 0.2) is 18.3 Å². The fourth-order valence-corrected chi connectivity index (χ4v) is 2.94. The number of alkyl halides is 6. The largest absolute Gasteiger partial charge is 0.471 e. The molecule has 3 rings (SSSR count). The number of carbonyl (C=O) groups is 1. The Balaban J connectivity index is 2.13. The lowest BCUT2D eigenvalue weighted by Crippen LogP contribution is -2.31. The second kappa shape index (κ2) is 8.61. The van der Waals surface area contributed by atoms with Gasteiger partial charge in [-0.2, -0.15) is 26.3 Å². The minimum Gasteiger partial charge on any atom is -0.471 e. The molecule has 0 unspecified atom stereocenters. The molecule has 1 N–H and O–H groups in total. The molecule has 0 radical (unpaired) electrons. The molecule has 1 aliphatic rings. The van der Waals surface area contributed by atoms with Crippen molar-refractivity contribution in [2.45, 2.75) is 12.4 Å². The van der Waals surface area contributed by atoms with Crippen LogP contribution in [0.3, 0.4) is 0 Å². The number of nitrogens with zero attached hydrogens (tertiary/aromatic N) is 1. The first-order valence-electron chi connectivity index (χ1n) is 8.70. The Bertz CT molecular complexity index is 1130. The average molecular weight is 503 g/mol. The standard InChI is InChI=1S/C19H11ClF8N2O3/c1-30(12-3-2-11(21)14(20)15(12)22)17(31)33-16-9(13-6-29-7-32-13)4-8(18(23,24)25)5-10(16)19(26,27)28/h2-6,29H,7H2,1H3. The number of amides is 1. The summed E-state index contributed by atoms with van der Waals surface area (Å²) in [6.07, 6.45) is -11.2. The van der Waals surface area contributed by atoms with E-state index < -0.39 is 69.0 Å². The molecule has 1 aliphatic heterocycles. The molecule has 178 valence electrons.